The fourth-order valence-electron chi connectivity index (χ4n) is 2.04. The lowest BCUT2D eigenvalue weighted by Crippen LogP contribution is -2.24. The maximum Gasteiger partial charge on any atom is 0.268 e. The third-order valence-electron chi connectivity index (χ3n) is 3.17. The van der Waals surface area contributed by atoms with Crippen LogP contribution in [-0.4, -0.2) is 16.4 Å². The van der Waals surface area contributed by atoms with Crippen LogP contribution in [0, 0.1) is 0 Å². The van der Waals surface area contributed by atoms with Crippen LogP contribution in [0.3, 0.4) is 0 Å². The smallest absolute Gasteiger partial charge is 0.268 e. The van der Waals surface area contributed by atoms with E-state index in [-0.39, 0.29) is 11.5 Å². The van der Waals surface area contributed by atoms with Crippen molar-refractivity contribution in [2.24, 2.45) is 0 Å². The molecule has 0 aliphatic carbocycles. The van der Waals surface area contributed by atoms with E-state index in [4.69, 9.17) is 0 Å². The third kappa shape index (κ3) is 3.70. The van der Waals surface area contributed by atoms with Gasteiger partial charge in [0, 0.05) is 19.5 Å². The number of nitrogens with zero attached hydrogens (tertiary/aromatic N) is 1. The Balaban J connectivity index is 1.85. The molecule has 0 saturated carbocycles. The van der Waals surface area contributed by atoms with Gasteiger partial charge in [-0.2, -0.15) is 0 Å². The number of aryl methyl sites for hydroxylation is 1. The van der Waals surface area contributed by atoms with Gasteiger partial charge in [0.25, 0.3) is 5.56 Å². The van der Waals surface area contributed by atoms with Crippen molar-refractivity contribution in [2.75, 3.05) is 6.54 Å². The summed E-state index contributed by atoms with van der Waals surface area (Å²) in [6.45, 7) is 3.46. The molecule has 0 radical (unpaired) electrons. The topological polar surface area (TPSA) is 51.1 Å². The Morgan fingerprint density at radius 3 is 2.85 bits per heavy atom. The Morgan fingerprint density at radius 1 is 1.30 bits per heavy atom. The Hall–Kier alpha value is -1.62. The Bertz CT molecular complexity index is 630. The highest BCUT2D eigenvalue weighted by molar-refractivity contribution is 7.13. The fraction of sp³-hybridized carbons (Fsp3) is 0.467. The molecule has 0 unspecified atom stereocenters. The SMILES string of the molecule is CCCCNC(=O)CCCn1sc2ccccc2c1=O. The van der Waals surface area contributed by atoms with Gasteiger partial charge in [0.05, 0.1) is 10.1 Å². The fourth-order valence-corrected chi connectivity index (χ4v) is 3.07. The van der Waals surface area contributed by atoms with Crippen molar-refractivity contribution >= 4 is 27.5 Å². The van der Waals surface area contributed by atoms with E-state index in [2.05, 4.69) is 12.2 Å². The number of rotatable bonds is 7. The number of benzene rings is 1. The maximum atomic E-state index is 12.1. The van der Waals surface area contributed by atoms with Gasteiger partial charge in [-0.25, -0.2) is 0 Å². The molecule has 0 saturated heterocycles. The largest absolute Gasteiger partial charge is 0.356 e. The molecule has 108 valence electrons. The van der Waals surface area contributed by atoms with E-state index in [1.165, 1.54) is 11.5 Å². The molecule has 2 aromatic rings. The first-order valence-electron chi connectivity index (χ1n) is 7.08. The Labute approximate surface area is 122 Å². The summed E-state index contributed by atoms with van der Waals surface area (Å²) in [4.78, 5) is 23.7. The van der Waals surface area contributed by atoms with Gasteiger partial charge >= 0.3 is 0 Å². The first-order chi connectivity index (χ1) is 9.72. The van der Waals surface area contributed by atoms with E-state index >= 15 is 0 Å². The number of hydrogen-bond acceptors (Lipinski definition) is 3. The molecule has 5 heteroatoms. The molecule has 4 nitrogen and oxygen atoms in total. The van der Waals surface area contributed by atoms with Crippen LogP contribution in [0.25, 0.3) is 10.1 Å². The zero-order valence-corrected chi connectivity index (χ0v) is 12.5. The van der Waals surface area contributed by atoms with E-state index in [1.807, 2.05) is 24.3 Å². The molecule has 0 spiro atoms. The summed E-state index contributed by atoms with van der Waals surface area (Å²) in [6, 6.07) is 7.61. The number of hydrogen-bond donors (Lipinski definition) is 1. The number of fused-ring (bicyclic) bond motifs is 1. The van der Waals surface area contributed by atoms with Gasteiger partial charge < -0.3 is 5.32 Å². The van der Waals surface area contributed by atoms with Crippen molar-refractivity contribution in [3.63, 3.8) is 0 Å². The average Bonchev–Trinajstić information content (AvgIpc) is 2.77. The zero-order valence-electron chi connectivity index (χ0n) is 11.7. The minimum atomic E-state index is 0.0528. The van der Waals surface area contributed by atoms with E-state index in [9.17, 15) is 9.59 Å². The quantitative estimate of drug-likeness (QED) is 0.798. The highest BCUT2D eigenvalue weighted by Gasteiger charge is 2.07. The lowest BCUT2D eigenvalue weighted by atomic mass is 10.2. The van der Waals surface area contributed by atoms with Gasteiger partial charge in [-0.05, 0) is 25.0 Å². The van der Waals surface area contributed by atoms with Crippen molar-refractivity contribution in [1.82, 2.24) is 9.27 Å². The van der Waals surface area contributed by atoms with Crippen LogP contribution in [0.15, 0.2) is 29.1 Å². The molecule has 2 rings (SSSR count). The van der Waals surface area contributed by atoms with E-state index in [0.29, 0.717) is 19.4 Å². The van der Waals surface area contributed by atoms with Crippen molar-refractivity contribution in [1.29, 1.82) is 0 Å². The van der Waals surface area contributed by atoms with Crippen molar-refractivity contribution in [3.05, 3.63) is 34.6 Å². The summed E-state index contributed by atoms with van der Waals surface area (Å²) in [7, 11) is 0. The third-order valence-corrected chi connectivity index (χ3v) is 4.29. The molecule has 1 heterocycles. The summed E-state index contributed by atoms with van der Waals surface area (Å²) < 4.78 is 2.74. The van der Waals surface area contributed by atoms with Crippen LogP contribution in [-0.2, 0) is 11.3 Å². The van der Waals surface area contributed by atoms with E-state index in [1.54, 1.807) is 3.96 Å². The monoisotopic (exact) mass is 292 g/mol. The molecule has 0 bridgehead atoms. The molecule has 1 aromatic carbocycles. The minimum absolute atomic E-state index is 0.0528. The lowest BCUT2D eigenvalue weighted by molar-refractivity contribution is -0.121. The van der Waals surface area contributed by atoms with Gasteiger partial charge in [-0.3, -0.25) is 13.5 Å². The van der Waals surface area contributed by atoms with Gasteiger partial charge in [-0.15, -0.1) is 0 Å². The number of aromatic nitrogens is 1. The number of unbranched alkanes of at least 4 members (excludes halogenated alkanes) is 1. The highest BCUT2D eigenvalue weighted by atomic mass is 32.1. The van der Waals surface area contributed by atoms with E-state index < -0.39 is 0 Å². The predicted octanol–water partition coefficient (Wildman–Crippen LogP) is 2.76. The minimum Gasteiger partial charge on any atom is -0.356 e. The lowest BCUT2D eigenvalue weighted by Gasteiger charge is -2.04. The van der Waals surface area contributed by atoms with Gasteiger partial charge in [-0.1, -0.05) is 37.0 Å². The number of amides is 1. The second-order valence-electron chi connectivity index (χ2n) is 4.80. The Morgan fingerprint density at radius 2 is 2.10 bits per heavy atom. The molecule has 0 atom stereocenters. The Kier molecular flexibility index (Phi) is 5.35. The molecular formula is C15H20N2O2S. The second-order valence-corrected chi connectivity index (χ2v) is 5.86. The van der Waals surface area contributed by atoms with Gasteiger partial charge in [0.15, 0.2) is 0 Å². The van der Waals surface area contributed by atoms with Gasteiger partial charge in [0.2, 0.25) is 5.91 Å². The summed E-state index contributed by atoms with van der Waals surface area (Å²) in [5.74, 6) is 0.0765. The number of nitrogens with one attached hydrogen (secondary N) is 1. The molecule has 20 heavy (non-hydrogen) atoms. The molecule has 1 amide bonds. The number of carbonyl (C=O) groups is 1. The van der Waals surface area contributed by atoms with Crippen LogP contribution in [0.4, 0.5) is 0 Å². The summed E-state index contributed by atoms with van der Waals surface area (Å²) in [5.41, 5.74) is 0.0528. The molecule has 0 aliphatic rings. The van der Waals surface area contributed by atoms with Crippen LogP contribution in [0.2, 0.25) is 0 Å². The summed E-state index contributed by atoms with van der Waals surface area (Å²) >= 11 is 1.47. The standard InChI is InChI=1S/C15H20N2O2S/c1-2-3-10-16-14(18)9-6-11-17-15(19)12-7-4-5-8-13(12)20-17/h4-5,7-8H,2-3,6,9-11H2,1H3,(H,16,18). The van der Waals surface area contributed by atoms with Crippen LogP contribution >= 0.6 is 11.5 Å². The molecule has 0 aliphatic heterocycles. The van der Waals surface area contributed by atoms with Gasteiger partial charge in [0.1, 0.15) is 0 Å². The van der Waals surface area contributed by atoms with Crippen molar-refractivity contribution < 1.29 is 4.79 Å². The second kappa shape index (κ2) is 7.24. The summed E-state index contributed by atoms with van der Waals surface area (Å²) in [5, 5.41) is 3.66. The molecular weight excluding hydrogens is 272 g/mol. The summed E-state index contributed by atoms with van der Waals surface area (Å²) in [6.07, 6.45) is 3.27. The molecule has 1 aromatic heterocycles. The average molecular weight is 292 g/mol. The first-order valence-corrected chi connectivity index (χ1v) is 7.85. The van der Waals surface area contributed by atoms with Crippen LogP contribution in [0.1, 0.15) is 32.6 Å². The molecule has 1 N–H and O–H groups in total. The first kappa shape index (κ1) is 14.8. The predicted molar refractivity (Wildman–Crippen MR) is 83.2 cm³/mol. The van der Waals surface area contributed by atoms with Crippen molar-refractivity contribution in [3.8, 4) is 0 Å². The highest BCUT2D eigenvalue weighted by Crippen LogP contribution is 2.16. The molecule has 0 fully saturated rings. The normalized spacial score (nSPS) is 10.8. The number of carbonyl (C=O) groups excluding carboxylic acids is 1. The van der Waals surface area contributed by atoms with Crippen LogP contribution in [0.5, 0.6) is 0 Å². The van der Waals surface area contributed by atoms with Crippen LogP contribution < -0.4 is 10.9 Å². The maximum absolute atomic E-state index is 12.1. The van der Waals surface area contributed by atoms with Crippen molar-refractivity contribution in [2.45, 2.75) is 39.2 Å². The van der Waals surface area contributed by atoms with E-state index in [0.717, 1.165) is 29.5 Å². The zero-order chi connectivity index (χ0) is 14.4.